The van der Waals surface area contributed by atoms with E-state index in [0.29, 0.717) is 11.3 Å². The first-order valence-corrected chi connectivity index (χ1v) is 6.16. The number of imide groups is 1. The van der Waals surface area contributed by atoms with Gasteiger partial charge in [0.2, 0.25) is 0 Å². The first-order valence-electron chi connectivity index (χ1n) is 6.16. The van der Waals surface area contributed by atoms with E-state index >= 15 is 0 Å². The number of rotatable bonds is 3. The molecule has 1 saturated heterocycles. The number of carbonyl (C=O) groups excluding carboxylic acids is 2. The molecule has 2 aromatic carbocycles. The zero-order valence-electron chi connectivity index (χ0n) is 10.5. The third-order valence-electron chi connectivity index (χ3n) is 2.97. The molecule has 3 rings (SSSR count). The molecule has 0 aromatic heterocycles. The molecule has 5 nitrogen and oxygen atoms in total. The summed E-state index contributed by atoms with van der Waals surface area (Å²) >= 11 is 0. The molecule has 0 spiro atoms. The number of para-hydroxylation sites is 1. The number of carbonyl (C=O) groups is 2. The second kappa shape index (κ2) is 5.05. The number of hydrogen-bond donors (Lipinski definition) is 2. The fourth-order valence-corrected chi connectivity index (χ4v) is 2.00. The van der Waals surface area contributed by atoms with Gasteiger partial charge in [-0.25, -0.2) is 4.79 Å². The first-order chi connectivity index (χ1) is 9.72. The van der Waals surface area contributed by atoms with Gasteiger partial charge in [0.15, 0.2) is 0 Å². The molecule has 1 fully saturated rings. The smallest absolute Gasteiger partial charge is 0.322 e. The summed E-state index contributed by atoms with van der Waals surface area (Å²) in [5.41, 5.74) is 0.716. The molecule has 3 amide bonds. The van der Waals surface area contributed by atoms with Crippen molar-refractivity contribution in [2.75, 3.05) is 0 Å². The summed E-state index contributed by atoms with van der Waals surface area (Å²) in [6.07, 6.45) is 0. The van der Waals surface area contributed by atoms with Crippen LogP contribution in [0.25, 0.3) is 0 Å². The standard InChI is InChI=1S/C15H12N2O3/c18-14-13(16-15(19)17-14)10-6-8-12(9-7-10)20-11-4-2-1-3-5-11/h1-9,13H,(H2,16,17,18,19). The number of benzene rings is 2. The third kappa shape index (κ3) is 2.47. The Balaban J connectivity index is 1.75. The van der Waals surface area contributed by atoms with E-state index in [1.807, 2.05) is 30.3 Å². The number of urea groups is 1. The molecule has 5 heteroatoms. The quantitative estimate of drug-likeness (QED) is 0.840. The molecule has 20 heavy (non-hydrogen) atoms. The van der Waals surface area contributed by atoms with E-state index in [0.717, 1.165) is 5.75 Å². The van der Waals surface area contributed by atoms with E-state index in [9.17, 15) is 9.59 Å². The highest BCUT2D eigenvalue weighted by atomic mass is 16.5. The summed E-state index contributed by atoms with van der Waals surface area (Å²) in [6.45, 7) is 0. The van der Waals surface area contributed by atoms with Gasteiger partial charge in [-0.05, 0) is 29.8 Å². The van der Waals surface area contributed by atoms with Gasteiger partial charge >= 0.3 is 6.03 Å². The molecule has 0 aliphatic carbocycles. The summed E-state index contributed by atoms with van der Waals surface area (Å²) in [5.74, 6) is 1.07. The number of amides is 3. The van der Waals surface area contributed by atoms with E-state index in [2.05, 4.69) is 10.6 Å². The van der Waals surface area contributed by atoms with Gasteiger partial charge in [0.1, 0.15) is 17.5 Å². The Kier molecular flexibility index (Phi) is 3.09. The van der Waals surface area contributed by atoms with Gasteiger partial charge < -0.3 is 10.1 Å². The Hall–Kier alpha value is -2.82. The molecule has 0 saturated carbocycles. The van der Waals surface area contributed by atoms with Crippen LogP contribution in [0.4, 0.5) is 4.79 Å². The average molecular weight is 268 g/mol. The number of hydrogen-bond acceptors (Lipinski definition) is 3. The van der Waals surface area contributed by atoms with E-state index < -0.39 is 12.1 Å². The van der Waals surface area contributed by atoms with Crippen LogP contribution in [0.1, 0.15) is 11.6 Å². The molecule has 100 valence electrons. The Bertz CT molecular complexity index is 638. The predicted octanol–water partition coefficient (Wildman–Crippen LogP) is 2.36. The highest BCUT2D eigenvalue weighted by molar-refractivity contribution is 6.04. The van der Waals surface area contributed by atoms with Crippen LogP contribution in [-0.4, -0.2) is 11.9 Å². The minimum Gasteiger partial charge on any atom is -0.457 e. The van der Waals surface area contributed by atoms with Crippen LogP contribution in [0.15, 0.2) is 54.6 Å². The van der Waals surface area contributed by atoms with Gasteiger partial charge in [-0.15, -0.1) is 0 Å². The molecular weight excluding hydrogens is 256 g/mol. The second-order valence-corrected chi connectivity index (χ2v) is 4.38. The third-order valence-corrected chi connectivity index (χ3v) is 2.97. The molecule has 0 bridgehead atoms. The Morgan fingerprint density at radius 3 is 2.10 bits per heavy atom. The fourth-order valence-electron chi connectivity index (χ4n) is 2.00. The second-order valence-electron chi connectivity index (χ2n) is 4.38. The summed E-state index contributed by atoms with van der Waals surface area (Å²) in [4.78, 5) is 22.6. The molecule has 1 unspecified atom stereocenters. The molecule has 2 aromatic rings. The monoisotopic (exact) mass is 268 g/mol. The van der Waals surface area contributed by atoms with E-state index in [4.69, 9.17) is 4.74 Å². The molecule has 1 aliphatic heterocycles. The minimum absolute atomic E-state index is 0.341. The van der Waals surface area contributed by atoms with Crippen molar-refractivity contribution in [3.05, 3.63) is 60.2 Å². The largest absolute Gasteiger partial charge is 0.457 e. The van der Waals surface area contributed by atoms with Crippen molar-refractivity contribution in [1.82, 2.24) is 10.6 Å². The zero-order chi connectivity index (χ0) is 13.9. The van der Waals surface area contributed by atoms with Gasteiger partial charge in [0.05, 0.1) is 0 Å². The molecule has 1 atom stereocenters. The first kappa shape index (κ1) is 12.2. The molecule has 1 aliphatic rings. The van der Waals surface area contributed by atoms with Crippen molar-refractivity contribution in [1.29, 1.82) is 0 Å². The molecular formula is C15H12N2O3. The van der Waals surface area contributed by atoms with Crippen LogP contribution >= 0.6 is 0 Å². The lowest BCUT2D eigenvalue weighted by molar-refractivity contribution is -0.120. The topological polar surface area (TPSA) is 67.4 Å². The maximum atomic E-state index is 11.5. The average Bonchev–Trinajstić information content (AvgIpc) is 2.80. The van der Waals surface area contributed by atoms with E-state index in [1.165, 1.54) is 0 Å². The van der Waals surface area contributed by atoms with Crippen LogP contribution < -0.4 is 15.4 Å². The van der Waals surface area contributed by atoms with Gasteiger partial charge in [0, 0.05) is 0 Å². The SMILES string of the molecule is O=C1NC(=O)C(c2ccc(Oc3ccccc3)cc2)N1. The molecule has 1 heterocycles. The van der Waals surface area contributed by atoms with Crippen molar-refractivity contribution in [2.45, 2.75) is 6.04 Å². The maximum absolute atomic E-state index is 11.5. The lowest BCUT2D eigenvalue weighted by Gasteiger charge is -2.09. The van der Waals surface area contributed by atoms with Crippen LogP contribution in [0.5, 0.6) is 11.5 Å². The summed E-state index contributed by atoms with van der Waals surface area (Å²) in [5, 5.41) is 4.75. The van der Waals surface area contributed by atoms with Crippen molar-refractivity contribution >= 4 is 11.9 Å². The molecule has 0 radical (unpaired) electrons. The van der Waals surface area contributed by atoms with Crippen LogP contribution in [-0.2, 0) is 4.79 Å². The van der Waals surface area contributed by atoms with Gasteiger partial charge in [-0.3, -0.25) is 10.1 Å². The van der Waals surface area contributed by atoms with Gasteiger partial charge in [-0.1, -0.05) is 30.3 Å². The van der Waals surface area contributed by atoms with Crippen molar-refractivity contribution in [3.8, 4) is 11.5 Å². The Labute approximate surface area is 115 Å². The highest BCUT2D eigenvalue weighted by Gasteiger charge is 2.30. The van der Waals surface area contributed by atoms with Crippen LogP contribution in [0, 0.1) is 0 Å². The minimum atomic E-state index is -0.631. The lowest BCUT2D eigenvalue weighted by Crippen LogP contribution is -2.22. The Morgan fingerprint density at radius 1 is 0.850 bits per heavy atom. The van der Waals surface area contributed by atoms with Crippen molar-refractivity contribution in [2.24, 2.45) is 0 Å². The highest BCUT2D eigenvalue weighted by Crippen LogP contribution is 2.24. The maximum Gasteiger partial charge on any atom is 0.322 e. The van der Waals surface area contributed by atoms with Gasteiger partial charge in [0.25, 0.3) is 5.91 Å². The fraction of sp³-hybridized carbons (Fsp3) is 0.0667. The predicted molar refractivity (Wildman–Crippen MR) is 72.4 cm³/mol. The van der Waals surface area contributed by atoms with E-state index in [1.54, 1.807) is 24.3 Å². The lowest BCUT2D eigenvalue weighted by atomic mass is 10.1. The zero-order valence-corrected chi connectivity index (χ0v) is 10.5. The van der Waals surface area contributed by atoms with Crippen molar-refractivity contribution < 1.29 is 14.3 Å². The normalized spacial score (nSPS) is 17.5. The summed E-state index contributed by atoms with van der Waals surface area (Å²) in [7, 11) is 0. The summed E-state index contributed by atoms with van der Waals surface area (Å²) < 4.78 is 5.66. The molecule has 2 N–H and O–H groups in total. The van der Waals surface area contributed by atoms with Crippen LogP contribution in [0.3, 0.4) is 0 Å². The van der Waals surface area contributed by atoms with Gasteiger partial charge in [-0.2, -0.15) is 0 Å². The Morgan fingerprint density at radius 2 is 1.50 bits per heavy atom. The number of nitrogens with one attached hydrogen (secondary N) is 2. The van der Waals surface area contributed by atoms with Crippen LogP contribution in [0.2, 0.25) is 0 Å². The summed E-state index contributed by atoms with van der Waals surface area (Å²) in [6, 6.07) is 15.4. The van der Waals surface area contributed by atoms with E-state index in [-0.39, 0.29) is 5.91 Å². The number of ether oxygens (including phenoxy) is 1. The van der Waals surface area contributed by atoms with Crippen molar-refractivity contribution in [3.63, 3.8) is 0 Å².